The molecule has 2 N–H and O–H groups in total. The zero-order valence-electron chi connectivity index (χ0n) is 7.19. The van der Waals surface area contributed by atoms with Crippen LogP contribution in [0.2, 0.25) is 0 Å². The molecule has 13 heavy (non-hydrogen) atoms. The summed E-state index contributed by atoms with van der Waals surface area (Å²) >= 11 is 0. The second kappa shape index (κ2) is 3.60. The summed E-state index contributed by atoms with van der Waals surface area (Å²) in [5, 5.41) is 17.5. The second-order valence-corrected chi connectivity index (χ2v) is 3.38. The third-order valence-corrected chi connectivity index (χ3v) is 2.44. The molecule has 1 saturated carbocycles. The topological polar surface area (TPSA) is 74.6 Å². The molecule has 1 aliphatic rings. The van der Waals surface area contributed by atoms with E-state index in [1.165, 1.54) is 0 Å². The van der Waals surface area contributed by atoms with Crippen molar-refractivity contribution in [2.24, 2.45) is 11.8 Å². The Labute approximate surface area is 75.9 Å². The van der Waals surface area contributed by atoms with Crippen LogP contribution >= 0.6 is 0 Å². The number of carboxylic acids is 2. The molecule has 0 saturated heterocycles. The van der Waals surface area contributed by atoms with Gasteiger partial charge in [0.05, 0.1) is 11.8 Å². The van der Waals surface area contributed by atoms with E-state index in [0.29, 0.717) is 19.3 Å². The minimum atomic E-state index is -1.03. The Bertz CT molecular complexity index is 256. The summed E-state index contributed by atoms with van der Waals surface area (Å²) in [6.07, 6.45) is 1.32. The number of rotatable bonds is 2. The van der Waals surface area contributed by atoms with Gasteiger partial charge in [-0.2, -0.15) is 0 Å². The summed E-state index contributed by atoms with van der Waals surface area (Å²) in [5.74, 6) is -3.59. The van der Waals surface area contributed by atoms with Crippen molar-refractivity contribution in [1.29, 1.82) is 0 Å². The first-order chi connectivity index (χ1) is 6.02. The fraction of sp³-hybridized carbons (Fsp3) is 0.556. The predicted molar refractivity (Wildman–Crippen MR) is 45.2 cm³/mol. The molecule has 1 rings (SSSR count). The highest BCUT2D eigenvalue weighted by Gasteiger charge is 2.36. The van der Waals surface area contributed by atoms with Gasteiger partial charge in [0.1, 0.15) is 0 Å². The minimum Gasteiger partial charge on any atom is -0.481 e. The van der Waals surface area contributed by atoms with Crippen molar-refractivity contribution in [3.63, 3.8) is 0 Å². The number of carboxylic acid groups (broad SMARTS) is 2. The molecule has 0 spiro atoms. The minimum absolute atomic E-state index is 0.298. The van der Waals surface area contributed by atoms with Gasteiger partial charge in [0.25, 0.3) is 0 Å². The molecule has 0 aliphatic heterocycles. The molecule has 0 aromatic carbocycles. The van der Waals surface area contributed by atoms with Gasteiger partial charge in [-0.05, 0) is 19.3 Å². The van der Waals surface area contributed by atoms with E-state index in [-0.39, 0.29) is 0 Å². The van der Waals surface area contributed by atoms with Crippen LogP contribution in [-0.2, 0) is 9.59 Å². The lowest BCUT2D eigenvalue weighted by atomic mass is 9.77. The Balaban J connectivity index is 2.77. The van der Waals surface area contributed by atoms with Gasteiger partial charge < -0.3 is 10.2 Å². The standard InChI is InChI=1S/C9H12O4/c1-5-2-3-6(8(10)11)7(4-5)9(12)13/h6-7H,1-4H2,(H,10,11)(H,12,13). The van der Waals surface area contributed by atoms with Crippen molar-refractivity contribution in [2.45, 2.75) is 19.3 Å². The second-order valence-electron chi connectivity index (χ2n) is 3.38. The van der Waals surface area contributed by atoms with Crippen LogP contribution in [0.15, 0.2) is 12.2 Å². The highest BCUT2D eigenvalue weighted by molar-refractivity contribution is 5.80. The van der Waals surface area contributed by atoms with E-state index >= 15 is 0 Å². The zero-order valence-corrected chi connectivity index (χ0v) is 7.19. The lowest BCUT2D eigenvalue weighted by Crippen LogP contribution is -2.33. The summed E-state index contributed by atoms with van der Waals surface area (Å²) in [6.45, 7) is 3.68. The van der Waals surface area contributed by atoms with Gasteiger partial charge in [-0.1, -0.05) is 12.2 Å². The van der Waals surface area contributed by atoms with Gasteiger partial charge >= 0.3 is 11.9 Å². The van der Waals surface area contributed by atoms with Crippen LogP contribution < -0.4 is 0 Å². The summed E-state index contributed by atoms with van der Waals surface area (Å²) in [6, 6.07) is 0. The Morgan fingerprint density at radius 2 is 1.77 bits per heavy atom. The lowest BCUT2D eigenvalue weighted by Gasteiger charge is -2.26. The molecule has 4 nitrogen and oxygen atoms in total. The smallest absolute Gasteiger partial charge is 0.307 e. The summed E-state index contributed by atoms with van der Waals surface area (Å²) in [7, 11) is 0. The van der Waals surface area contributed by atoms with Gasteiger partial charge in [0.15, 0.2) is 0 Å². The maximum absolute atomic E-state index is 10.7. The molecular weight excluding hydrogens is 172 g/mol. The molecule has 0 aromatic heterocycles. The number of allylic oxidation sites excluding steroid dienone is 1. The van der Waals surface area contributed by atoms with E-state index in [1.807, 2.05) is 0 Å². The highest BCUT2D eigenvalue weighted by Crippen LogP contribution is 2.32. The Kier molecular flexibility index (Phi) is 2.70. The van der Waals surface area contributed by atoms with E-state index < -0.39 is 23.8 Å². The quantitative estimate of drug-likeness (QED) is 0.631. The van der Waals surface area contributed by atoms with Crippen LogP contribution in [0.4, 0.5) is 0 Å². The van der Waals surface area contributed by atoms with E-state index in [9.17, 15) is 9.59 Å². The van der Waals surface area contributed by atoms with E-state index in [1.54, 1.807) is 0 Å². The third kappa shape index (κ3) is 2.08. The first-order valence-corrected chi connectivity index (χ1v) is 4.14. The summed E-state index contributed by atoms with van der Waals surface area (Å²) < 4.78 is 0. The van der Waals surface area contributed by atoms with Crippen molar-refractivity contribution in [3.8, 4) is 0 Å². The maximum atomic E-state index is 10.7. The van der Waals surface area contributed by atoms with Gasteiger partial charge in [-0.3, -0.25) is 9.59 Å². The van der Waals surface area contributed by atoms with Crippen molar-refractivity contribution in [3.05, 3.63) is 12.2 Å². The Morgan fingerprint density at radius 3 is 2.23 bits per heavy atom. The maximum Gasteiger partial charge on any atom is 0.307 e. The SMILES string of the molecule is C=C1CCC(C(=O)O)C(C(=O)O)C1. The molecule has 1 fully saturated rings. The normalized spacial score (nSPS) is 28.5. The number of hydrogen-bond donors (Lipinski definition) is 2. The van der Waals surface area contributed by atoms with Gasteiger partial charge in [-0.25, -0.2) is 0 Å². The molecule has 1 aliphatic carbocycles. The van der Waals surface area contributed by atoms with Gasteiger partial charge in [0.2, 0.25) is 0 Å². The first kappa shape index (κ1) is 9.77. The average Bonchev–Trinajstić information content (AvgIpc) is 2.03. The molecule has 2 atom stereocenters. The molecule has 2 unspecified atom stereocenters. The largest absolute Gasteiger partial charge is 0.481 e. The lowest BCUT2D eigenvalue weighted by molar-refractivity contribution is -0.154. The van der Waals surface area contributed by atoms with Crippen LogP contribution in [0.3, 0.4) is 0 Å². The Hall–Kier alpha value is -1.32. The fourth-order valence-corrected chi connectivity index (χ4v) is 1.67. The van der Waals surface area contributed by atoms with Crippen LogP contribution in [0, 0.1) is 11.8 Å². The molecule has 0 bridgehead atoms. The van der Waals surface area contributed by atoms with Crippen LogP contribution in [0.25, 0.3) is 0 Å². The fourth-order valence-electron chi connectivity index (χ4n) is 1.67. The van der Waals surface area contributed by atoms with Crippen molar-refractivity contribution >= 4 is 11.9 Å². The average molecular weight is 184 g/mol. The van der Waals surface area contributed by atoms with Crippen molar-refractivity contribution < 1.29 is 19.8 Å². The zero-order chi connectivity index (χ0) is 10.0. The van der Waals surface area contributed by atoms with E-state index in [2.05, 4.69) is 6.58 Å². The van der Waals surface area contributed by atoms with Gasteiger partial charge in [-0.15, -0.1) is 0 Å². The monoisotopic (exact) mass is 184 g/mol. The Morgan fingerprint density at radius 1 is 1.23 bits per heavy atom. The molecule has 0 radical (unpaired) electrons. The molecule has 4 heteroatoms. The number of hydrogen-bond acceptors (Lipinski definition) is 2. The predicted octanol–water partition coefficient (Wildman–Crippen LogP) is 1.13. The summed E-state index contributed by atoms with van der Waals surface area (Å²) in [4.78, 5) is 21.4. The van der Waals surface area contributed by atoms with Crippen molar-refractivity contribution in [2.75, 3.05) is 0 Å². The van der Waals surface area contributed by atoms with Gasteiger partial charge in [0, 0.05) is 0 Å². The summed E-state index contributed by atoms with van der Waals surface area (Å²) in [5.41, 5.74) is 0.838. The molecule has 0 amide bonds. The molecular formula is C9H12O4. The van der Waals surface area contributed by atoms with Crippen LogP contribution in [-0.4, -0.2) is 22.2 Å². The van der Waals surface area contributed by atoms with E-state index in [0.717, 1.165) is 5.57 Å². The van der Waals surface area contributed by atoms with E-state index in [4.69, 9.17) is 10.2 Å². The first-order valence-electron chi connectivity index (χ1n) is 4.14. The molecule has 72 valence electrons. The molecule has 0 heterocycles. The highest BCUT2D eigenvalue weighted by atomic mass is 16.4. The third-order valence-electron chi connectivity index (χ3n) is 2.44. The van der Waals surface area contributed by atoms with Crippen molar-refractivity contribution in [1.82, 2.24) is 0 Å². The van der Waals surface area contributed by atoms with Crippen LogP contribution in [0.5, 0.6) is 0 Å². The number of aliphatic carboxylic acids is 2. The number of carbonyl (C=O) groups is 2. The van der Waals surface area contributed by atoms with Crippen LogP contribution in [0.1, 0.15) is 19.3 Å². The molecule has 0 aromatic rings.